The minimum absolute atomic E-state index is 0. The summed E-state index contributed by atoms with van der Waals surface area (Å²) in [6.07, 6.45) is 5.19. The van der Waals surface area contributed by atoms with E-state index in [2.05, 4.69) is 11.1 Å². The molecule has 0 aromatic rings. The van der Waals surface area contributed by atoms with Crippen LogP contribution in [0.5, 0.6) is 0 Å². The first-order valence-electron chi connectivity index (χ1n) is 4.40. The first kappa shape index (κ1) is 15.3. The molecular weight excluding hydrogens is 190 g/mol. The van der Waals surface area contributed by atoms with E-state index in [1.165, 1.54) is 20.0 Å². The third kappa shape index (κ3) is 9.79. The second-order valence-electron chi connectivity index (χ2n) is 2.84. The van der Waals surface area contributed by atoms with Gasteiger partial charge in [-0.05, 0) is 6.42 Å². The summed E-state index contributed by atoms with van der Waals surface area (Å²) in [5.74, 6) is 0.160. The van der Waals surface area contributed by atoms with Gasteiger partial charge in [0.15, 0.2) is 0 Å². The van der Waals surface area contributed by atoms with E-state index in [-0.39, 0.29) is 11.9 Å². The summed E-state index contributed by atoms with van der Waals surface area (Å²) in [5, 5.41) is 0. The highest BCUT2D eigenvalue weighted by Crippen LogP contribution is 2.04. The largest absolute Gasteiger partial charge is 0.344 e. The topological polar surface area (TPSA) is 78.4 Å². The summed E-state index contributed by atoms with van der Waals surface area (Å²) < 4.78 is 25.9. The fourth-order valence-corrected chi connectivity index (χ4v) is 1.69. The molecule has 0 aliphatic heterocycles. The molecule has 0 radical (unpaired) electrons. The van der Waals surface area contributed by atoms with E-state index in [0.717, 1.165) is 19.3 Å². The van der Waals surface area contributed by atoms with Crippen LogP contribution in [0.1, 0.15) is 39.0 Å². The molecule has 0 atom stereocenters. The van der Waals surface area contributed by atoms with Crippen LogP contribution in [0.2, 0.25) is 0 Å². The number of hydrogen-bond acceptors (Lipinski definition) is 4. The lowest BCUT2D eigenvalue weighted by atomic mass is 10.2. The van der Waals surface area contributed by atoms with Gasteiger partial charge in [0.1, 0.15) is 0 Å². The first-order chi connectivity index (χ1) is 5.62. The van der Waals surface area contributed by atoms with Gasteiger partial charge in [-0.25, -0.2) is 0 Å². The molecular formula is C8H21NO3S. The average Bonchev–Trinajstić information content (AvgIpc) is 2.04. The molecule has 4 nitrogen and oxygen atoms in total. The maximum Gasteiger partial charge on any atom is 0.267 e. The van der Waals surface area contributed by atoms with Gasteiger partial charge in [-0.15, -0.1) is 0 Å². The lowest BCUT2D eigenvalue weighted by Gasteiger charge is -2.00. The molecule has 0 aromatic carbocycles. The van der Waals surface area contributed by atoms with Gasteiger partial charge in [-0.1, -0.05) is 32.6 Å². The lowest BCUT2D eigenvalue weighted by molar-refractivity contribution is 0.396. The molecule has 13 heavy (non-hydrogen) atoms. The van der Waals surface area contributed by atoms with Crippen molar-refractivity contribution in [3.05, 3.63) is 0 Å². The Bertz CT molecular complexity index is 190. The van der Waals surface area contributed by atoms with E-state index >= 15 is 0 Å². The van der Waals surface area contributed by atoms with Gasteiger partial charge < -0.3 is 6.15 Å². The standard InChI is InChI=1S/C8H18O3S.H3N/c1-3-4-5-6-7-8-12(9,10)11-2;/h3-8H2,1-2H3;1H3. The van der Waals surface area contributed by atoms with E-state index in [1.807, 2.05) is 0 Å². The molecule has 0 saturated carbocycles. The van der Waals surface area contributed by atoms with Crippen LogP contribution in [0.25, 0.3) is 0 Å². The van der Waals surface area contributed by atoms with E-state index in [4.69, 9.17) is 0 Å². The molecule has 0 fully saturated rings. The Labute approximate surface area is 81.4 Å². The molecule has 0 aromatic heterocycles. The van der Waals surface area contributed by atoms with Gasteiger partial charge in [0, 0.05) is 0 Å². The summed E-state index contributed by atoms with van der Waals surface area (Å²) >= 11 is 0. The third-order valence-electron chi connectivity index (χ3n) is 1.75. The maximum absolute atomic E-state index is 10.8. The van der Waals surface area contributed by atoms with Crippen molar-refractivity contribution >= 4 is 10.1 Å². The maximum atomic E-state index is 10.8. The Hall–Kier alpha value is -0.130. The van der Waals surface area contributed by atoms with Crippen LogP contribution in [0.15, 0.2) is 0 Å². The van der Waals surface area contributed by atoms with Crippen molar-refractivity contribution < 1.29 is 12.6 Å². The molecule has 0 rings (SSSR count). The Morgan fingerprint density at radius 1 is 1.08 bits per heavy atom. The predicted octanol–water partition coefficient (Wildman–Crippen LogP) is 2.10. The molecule has 0 saturated heterocycles. The Morgan fingerprint density at radius 2 is 1.62 bits per heavy atom. The zero-order valence-electron chi connectivity index (χ0n) is 8.58. The third-order valence-corrected chi connectivity index (χ3v) is 3.05. The van der Waals surface area contributed by atoms with Crippen molar-refractivity contribution in [2.45, 2.75) is 39.0 Å². The SMILES string of the molecule is CCCCCCCS(=O)(=O)OC.N. The highest BCUT2D eigenvalue weighted by molar-refractivity contribution is 7.86. The second kappa shape index (κ2) is 8.47. The van der Waals surface area contributed by atoms with Crippen molar-refractivity contribution in [2.75, 3.05) is 12.9 Å². The van der Waals surface area contributed by atoms with E-state index in [0.29, 0.717) is 0 Å². The van der Waals surface area contributed by atoms with Crippen LogP contribution in [0.3, 0.4) is 0 Å². The van der Waals surface area contributed by atoms with Crippen LogP contribution in [-0.2, 0) is 14.3 Å². The van der Waals surface area contributed by atoms with Crippen LogP contribution in [-0.4, -0.2) is 21.3 Å². The summed E-state index contributed by atoms with van der Waals surface area (Å²) in [4.78, 5) is 0. The van der Waals surface area contributed by atoms with E-state index in [9.17, 15) is 8.42 Å². The predicted molar refractivity (Wildman–Crippen MR) is 54.6 cm³/mol. The molecule has 0 spiro atoms. The van der Waals surface area contributed by atoms with Crippen molar-refractivity contribution in [1.29, 1.82) is 0 Å². The fourth-order valence-electron chi connectivity index (χ4n) is 0.966. The van der Waals surface area contributed by atoms with Gasteiger partial charge in [-0.3, -0.25) is 4.18 Å². The number of rotatable bonds is 7. The monoisotopic (exact) mass is 211 g/mol. The molecule has 5 heteroatoms. The minimum atomic E-state index is -3.21. The lowest BCUT2D eigenvalue weighted by Crippen LogP contribution is -2.07. The van der Waals surface area contributed by atoms with Crippen LogP contribution >= 0.6 is 0 Å². The average molecular weight is 211 g/mol. The van der Waals surface area contributed by atoms with Crippen molar-refractivity contribution in [2.24, 2.45) is 0 Å². The van der Waals surface area contributed by atoms with Crippen LogP contribution < -0.4 is 6.15 Å². The Kier molecular flexibility index (Phi) is 10.00. The van der Waals surface area contributed by atoms with E-state index in [1.54, 1.807) is 0 Å². The number of unbranched alkanes of at least 4 members (excludes halogenated alkanes) is 4. The molecule has 82 valence electrons. The van der Waals surface area contributed by atoms with Gasteiger partial charge in [0.25, 0.3) is 10.1 Å². The van der Waals surface area contributed by atoms with Crippen molar-refractivity contribution in [1.82, 2.24) is 6.15 Å². The quantitative estimate of drug-likeness (QED) is 0.516. The molecule has 0 amide bonds. The normalized spacial score (nSPS) is 10.9. The zero-order valence-corrected chi connectivity index (χ0v) is 9.40. The molecule has 0 unspecified atom stereocenters. The first-order valence-corrected chi connectivity index (χ1v) is 5.98. The van der Waals surface area contributed by atoms with Gasteiger partial charge in [-0.2, -0.15) is 8.42 Å². The Morgan fingerprint density at radius 3 is 2.08 bits per heavy atom. The van der Waals surface area contributed by atoms with Gasteiger partial charge in [0.2, 0.25) is 0 Å². The summed E-state index contributed by atoms with van der Waals surface area (Å²) in [6, 6.07) is 0. The Balaban J connectivity index is 0. The summed E-state index contributed by atoms with van der Waals surface area (Å²) in [7, 11) is -2.00. The highest BCUT2D eigenvalue weighted by Gasteiger charge is 2.06. The van der Waals surface area contributed by atoms with E-state index < -0.39 is 10.1 Å². The van der Waals surface area contributed by atoms with Crippen LogP contribution in [0.4, 0.5) is 0 Å². The molecule has 0 aliphatic rings. The zero-order chi connectivity index (χ0) is 9.45. The number of hydrogen-bond donors (Lipinski definition) is 1. The van der Waals surface area contributed by atoms with Crippen molar-refractivity contribution in [3.63, 3.8) is 0 Å². The van der Waals surface area contributed by atoms with Gasteiger partial charge >= 0.3 is 0 Å². The molecule has 0 bridgehead atoms. The summed E-state index contributed by atoms with van der Waals surface area (Å²) in [6.45, 7) is 2.13. The molecule has 0 aliphatic carbocycles. The van der Waals surface area contributed by atoms with Gasteiger partial charge in [0.05, 0.1) is 12.9 Å². The van der Waals surface area contributed by atoms with Crippen LogP contribution in [0, 0.1) is 0 Å². The second-order valence-corrected chi connectivity index (χ2v) is 4.70. The smallest absolute Gasteiger partial charge is 0.267 e. The summed E-state index contributed by atoms with van der Waals surface area (Å²) in [5.41, 5.74) is 0. The fraction of sp³-hybridized carbons (Fsp3) is 1.00. The van der Waals surface area contributed by atoms with Crippen molar-refractivity contribution in [3.8, 4) is 0 Å². The molecule has 3 N–H and O–H groups in total. The highest BCUT2D eigenvalue weighted by atomic mass is 32.2. The minimum Gasteiger partial charge on any atom is -0.344 e. The molecule has 0 heterocycles.